The molecule has 2 aromatic heterocycles. The molecule has 3 aromatic rings. The Hall–Kier alpha value is -2.62. The number of aromatic nitrogens is 1. The molecule has 0 bridgehead atoms. The summed E-state index contributed by atoms with van der Waals surface area (Å²) >= 11 is 0. The number of hydrogen-bond acceptors (Lipinski definition) is 3. The number of benzene rings is 1. The van der Waals surface area contributed by atoms with Crippen LogP contribution in [0.15, 0.2) is 59.3 Å². The molecule has 1 aliphatic rings. The van der Waals surface area contributed by atoms with Gasteiger partial charge in [-0.15, -0.1) is 0 Å². The van der Waals surface area contributed by atoms with Gasteiger partial charge in [-0.2, -0.15) is 0 Å². The Morgan fingerprint density at radius 2 is 2.12 bits per heavy atom. The van der Waals surface area contributed by atoms with Gasteiger partial charge in [0.2, 0.25) is 5.91 Å². The first-order valence-electron chi connectivity index (χ1n) is 8.40. The Labute approximate surface area is 141 Å². The number of amides is 1. The summed E-state index contributed by atoms with van der Waals surface area (Å²) in [5.74, 6) is 0.577. The van der Waals surface area contributed by atoms with Gasteiger partial charge in [0.05, 0.1) is 5.92 Å². The lowest BCUT2D eigenvalue weighted by molar-refractivity contribution is -0.134. The van der Waals surface area contributed by atoms with Crippen LogP contribution in [0.25, 0.3) is 11.0 Å². The number of rotatable bonds is 5. The molecule has 24 heavy (non-hydrogen) atoms. The quantitative estimate of drug-likeness (QED) is 0.710. The van der Waals surface area contributed by atoms with Crippen LogP contribution in [0.5, 0.6) is 0 Å². The molecule has 0 spiro atoms. The van der Waals surface area contributed by atoms with Crippen LogP contribution in [0.3, 0.4) is 0 Å². The van der Waals surface area contributed by atoms with Gasteiger partial charge in [-0.05, 0) is 43.5 Å². The fourth-order valence-corrected chi connectivity index (χ4v) is 3.05. The van der Waals surface area contributed by atoms with E-state index in [1.165, 1.54) is 0 Å². The number of carbonyl (C=O) groups excluding carboxylic acids is 1. The summed E-state index contributed by atoms with van der Waals surface area (Å²) in [5, 5.41) is 1.04. The lowest BCUT2D eigenvalue weighted by atomic mass is 10.1. The highest BCUT2D eigenvalue weighted by Crippen LogP contribution is 2.33. The summed E-state index contributed by atoms with van der Waals surface area (Å²) in [6.45, 7) is 2.54. The second-order valence-electron chi connectivity index (χ2n) is 6.47. The van der Waals surface area contributed by atoms with E-state index in [4.69, 9.17) is 4.42 Å². The van der Waals surface area contributed by atoms with E-state index in [1.807, 2.05) is 60.5 Å². The molecule has 2 heterocycles. The molecule has 1 saturated carbocycles. The number of furan rings is 1. The van der Waals surface area contributed by atoms with Crippen LogP contribution in [0.2, 0.25) is 0 Å². The molecule has 1 amide bonds. The van der Waals surface area contributed by atoms with E-state index in [9.17, 15) is 4.79 Å². The summed E-state index contributed by atoms with van der Waals surface area (Å²) in [4.78, 5) is 19.2. The average molecular weight is 320 g/mol. The van der Waals surface area contributed by atoms with Crippen LogP contribution in [-0.2, 0) is 11.3 Å². The van der Waals surface area contributed by atoms with Crippen LogP contribution in [-0.4, -0.2) is 21.8 Å². The number of para-hydroxylation sites is 1. The number of fused-ring (bicyclic) bond motifs is 1. The van der Waals surface area contributed by atoms with Gasteiger partial charge in [0, 0.05) is 30.4 Å². The Bertz CT molecular complexity index is 819. The summed E-state index contributed by atoms with van der Waals surface area (Å²) in [6, 6.07) is 14.1. The molecule has 4 nitrogen and oxygen atoms in total. The van der Waals surface area contributed by atoms with Gasteiger partial charge in [0.15, 0.2) is 0 Å². The van der Waals surface area contributed by atoms with E-state index in [0.29, 0.717) is 12.6 Å². The second-order valence-corrected chi connectivity index (χ2v) is 6.47. The van der Waals surface area contributed by atoms with Gasteiger partial charge in [-0.25, -0.2) is 0 Å². The standard InChI is InChI=1S/C20H20N2O2/c1-14(19-11-16-6-2-3-7-18(16)24-19)20(23)22(17-8-9-17)13-15-5-4-10-21-12-15/h2-7,10-12,14,17H,8-9,13H2,1H3/t14-/m0/s1. The van der Waals surface area contributed by atoms with Crippen molar-refractivity contribution in [3.63, 3.8) is 0 Å². The smallest absolute Gasteiger partial charge is 0.233 e. The highest BCUT2D eigenvalue weighted by molar-refractivity contribution is 5.86. The summed E-state index contributed by atoms with van der Waals surface area (Å²) < 4.78 is 5.89. The van der Waals surface area contributed by atoms with Gasteiger partial charge < -0.3 is 9.32 Å². The van der Waals surface area contributed by atoms with Crippen LogP contribution in [0.4, 0.5) is 0 Å². The Morgan fingerprint density at radius 1 is 1.29 bits per heavy atom. The fourth-order valence-electron chi connectivity index (χ4n) is 3.05. The topological polar surface area (TPSA) is 46.3 Å². The predicted molar refractivity (Wildman–Crippen MR) is 92.4 cm³/mol. The normalized spacial score (nSPS) is 15.4. The van der Waals surface area contributed by atoms with Crippen molar-refractivity contribution in [2.75, 3.05) is 0 Å². The van der Waals surface area contributed by atoms with E-state index in [0.717, 1.165) is 35.1 Å². The zero-order chi connectivity index (χ0) is 16.5. The minimum Gasteiger partial charge on any atom is -0.460 e. The molecule has 1 aliphatic carbocycles. The molecule has 1 atom stereocenters. The minimum absolute atomic E-state index is 0.125. The molecule has 4 rings (SSSR count). The maximum atomic E-state index is 13.1. The Morgan fingerprint density at radius 3 is 2.83 bits per heavy atom. The van der Waals surface area contributed by atoms with Gasteiger partial charge >= 0.3 is 0 Å². The number of pyridine rings is 1. The van der Waals surface area contributed by atoms with Crippen molar-refractivity contribution in [1.29, 1.82) is 0 Å². The SMILES string of the molecule is C[C@H](C(=O)N(Cc1cccnc1)C1CC1)c1cc2ccccc2o1. The van der Waals surface area contributed by atoms with E-state index in [2.05, 4.69) is 4.98 Å². The molecule has 1 fully saturated rings. The molecule has 0 radical (unpaired) electrons. The van der Waals surface area contributed by atoms with Crippen LogP contribution >= 0.6 is 0 Å². The van der Waals surface area contributed by atoms with E-state index < -0.39 is 0 Å². The first-order chi connectivity index (χ1) is 11.7. The molecule has 0 unspecified atom stereocenters. The fraction of sp³-hybridized carbons (Fsp3) is 0.300. The molecule has 0 N–H and O–H groups in total. The average Bonchev–Trinajstić information content (AvgIpc) is 3.37. The van der Waals surface area contributed by atoms with E-state index >= 15 is 0 Å². The van der Waals surface area contributed by atoms with Crippen molar-refractivity contribution in [2.45, 2.75) is 38.3 Å². The van der Waals surface area contributed by atoms with Crippen molar-refractivity contribution in [3.8, 4) is 0 Å². The van der Waals surface area contributed by atoms with Crippen molar-refractivity contribution in [3.05, 3.63) is 66.2 Å². The first-order valence-corrected chi connectivity index (χ1v) is 8.40. The minimum atomic E-state index is -0.283. The second kappa shape index (κ2) is 6.11. The number of hydrogen-bond donors (Lipinski definition) is 0. The molecule has 0 saturated heterocycles. The summed E-state index contributed by atoms with van der Waals surface area (Å²) in [6.07, 6.45) is 5.75. The maximum absolute atomic E-state index is 13.1. The van der Waals surface area contributed by atoms with Gasteiger partial charge in [0.1, 0.15) is 11.3 Å². The van der Waals surface area contributed by atoms with Crippen molar-refractivity contribution in [2.24, 2.45) is 0 Å². The third-order valence-corrected chi connectivity index (χ3v) is 4.59. The van der Waals surface area contributed by atoms with Crippen LogP contribution in [0.1, 0.15) is 37.0 Å². The zero-order valence-electron chi connectivity index (χ0n) is 13.7. The van der Waals surface area contributed by atoms with Gasteiger partial charge in [0.25, 0.3) is 0 Å². The third kappa shape index (κ3) is 2.92. The number of nitrogens with zero attached hydrogens (tertiary/aromatic N) is 2. The Balaban J connectivity index is 1.57. The molecule has 0 aliphatic heterocycles. The third-order valence-electron chi connectivity index (χ3n) is 4.59. The highest BCUT2D eigenvalue weighted by Gasteiger charge is 2.35. The Kier molecular flexibility index (Phi) is 3.81. The molecule has 122 valence electrons. The predicted octanol–water partition coefficient (Wildman–Crippen LogP) is 4.12. The largest absolute Gasteiger partial charge is 0.460 e. The monoisotopic (exact) mass is 320 g/mol. The van der Waals surface area contributed by atoms with Crippen molar-refractivity contribution >= 4 is 16.9 Å². The lowest BCUT2D eigenvalue weighted by Gasteiger charge is -2.25. The van der Waals surface area contributed by atoms with Crippen molar-refractivity contribution < 1.29 is 9.21 Å². The zero-order valence-corrected chi connectivity index (χ0v) is 13.7. The first kappa shape index (κ1) is 14.9. The highest BCUT2D eigenvalue weighted by atomic mass is 16.3. The van der Waals surface area contributed by atoms with Crippen LogP contribution in [0, 0.1) is 0 Å². The summed E-state index contributed by atoms with van der Waals surface area (Å²) in [5.41, 5.74) is 1.90. The van der Waals surface area contributed by atoms with Gasteiger partial charge in [-0.1, -0.05) is 24.3 Å². The van der Waals surface area contributed by atoms with Gasteiger partial charge in [-0.3, -0.25) is 9.78 Å². The maximum Gasteiger partial charge on any atom is 0.233 e. The molecular weight excluding hydrogens is 300 g/mol. The van der Waals surface area contributed by atoms with E-state index in [1.54, 1.807) is 6.20 Å². The van der Waals surface area contributed by atoms with Crippen molar-refractivity contribution in [1.82, 2.24) is 9.88 Å². The molecule has 4 heteroatoms. The molecule has 1 aromatic carbocycles. The van der Waals surface area contributed by atoms with Crippen LogP contribution < -0.4 is 0 Å². The lowest BCUT2D eigenvalue weighted by Crippen LogP contribution is -2.35. The summed E-state index contributed by atoms with van der Waals surface area (Å²) in [7, 11) is 0. The van der Waals surface area contributed by atoms with E-state index in [-0.39, 0.29) is 11.8 Å². The molecular formula is C20H20N2O2. The number of carbonyl (C=O) groups is 1.